The molecule has 0 unspecified atom stereocenters. The van der Waals surface area contributed by atoms with Crippen LogP contribution < -0.4 is 4.74 Å². The Balaban J connectivity index is 1.67. The third-order valence-electron chi connectivity index (χ3n) is 3.73. The molecule has 2 heterocycles. The van der Waals surface area contributed by atoms with Gasteiger partial charge in [-0.15, -0.1) is 0 Å². The largest absolute Gasteiger partial charge is 0.487 e. The normalized spacial score (nSPS) is 11.0. The van der Waals surface area contributed by atoms with E-state index in [0.29, 0.717) is 11.8 Å². The van der Waals surface area contributed by atoms with Crippen molar-refractivity contribution in [3.05, 3.63) is 77.6 Å². The van der Waals surface area contributed by atoms with Gasteiger partial charge in [-0.1, -0.05) is 48.0 Å². The fourth-order valence-electron chi connectivity index (χ4n) is 2.59. The highest BCUT2D eigenvalue weighted by atomic mass is 35.5. The van der Waals surface area contributed by atoms with Crippen molar-refractivity contribution in [1.29, 1.82) is 0 Å². The molecule has 4 aromatic rings. The lowest BCUT2D eigenvalue weighted by atomic mass is 10.1. The van der Waals surface area contributed by atoms with Gasteiger partial charge in [0.25, 0.3) is 0 Å². The van der Waals surface area contributed by atoms with Crippen molar-refractivity contribution in [2.75, 3.05) is 0 Å². The maximum Gasteiger partial charge on any atom is 0.146 e. The highest BCUT2D eigenvalue weighted by Gasteiger charge is 2.08. The van der Waals surface area contributed by atoms with Gasteiger partial charge in [-0.05, 0) is 24.3 Å². The first-order valence-corrected chi connectivity index (χ1v) is 7.70. The molecule has 0 aliphatic rings. The number of ether oxygens (including phenoxy) is 1. The van der Waals surface area contributed by atoms with Crippen molar-refractivity contribution in [3.8, 4) is 5.75 Å². The summed E-state index contributed by atoms with van der Waals surface area (Å²) in [4.78, 5) is 8.81. The number of aromatic nitrogens is 2. The number of rotatable bonds is 3. The maximum absolute atomic E-state index is 6.28. The Labute approximate surface area is 138 Å². The number of hydrogen-bond acceptors (Lipinski definition) is 3. The first kappa shape index (κ1) is 14.0. The van der Waals surface area contributed by atoms with Gasteiger partial charge in [0.15, 0.2) is 0 Å². The molecule has 0 atom stereocenters. The van der Waals surface area contributed by atoms with Crippen LogP contribution in [0, 0.1) is 0 Å². The van der Waals surface area contributed by atoms with Crippen LogP contribution in [-0.2, 0) is 6.61 Å². The van der Waals surface area contributed by atoms with Gasteiger partial charge in [-0.2, -0.15) is 0 Å². The van der Waals surface area contributed by atoms with Crippen LogP contribution in [0.2, 0.25) is 5.15 Å². The second-order valence-electron chi connectivity index (χ2n) is 5.25. The number of para-hydroxylation sites is 2. The van der Waals surface area contributed by atoms with Gasteiger partial charge in [0.2, 0.25) is 0 Å². The van der Waals surface area contributed by atoms with Gasteiger partial charge in [0.1, 0.15) is 23.0 Å². The number of pyridine rings is 2. The summed E-state index contributed by atoms with van der Waals surface area (Å²) >= 11 is 6.28. The Morgan fingerprint density at radius 2 is 1.74 bits per heavy atom. The monoisotopic (exact) mass is 320 g/mol. The lowest BCUT2D eigenvalue weighted by molar-refractivity contribution is 0.309. The summed E-state index contributed by atoms with van der Waals surface area (Å²) in [6, 6.07) is 19.7. The summed E-state index contributed by atoms with van der Waals surface area (Å²) < 4.78 is 5.95. The number of hydrogen-bond donors (Lipinski definition) is 0. The van der Waals surface area contributed by atoms with Gasteiger partial charge in [0, 0.05) is 22.5 Å². The molecule has 4 rings (SSSR count). The van der Waals surface area contributed by atoms with Crippen molar-refractivity contribution in [2.24, 2.45) is 0 Å². The molecule has 0 N–H and O–H groups in total. The zero-order valence-electron chi connectivity index (χ0n) is 12.2. The number of nitrogens with zero attached hydrogens (tertiary/aromatic N) is 2. The molecule has 2 aromatic heterocycles. The summed E-state index contributed by atoms with van der Waals surface area (Å²) in [6.45, 7) is 0.354. The van der Waals surface area contributed by atoms with E-state index in [2.05, 4.69) is 9.97 Å². The Hall–Kier alpha value is -2.65. The standard InChI is InChI=1S/C19H13ClN2O/c20-19-15(11-14-5-1-2-8-16(14)22-19)12-23-17-9-3-6-13-7-4-10-21-18(13)17/h1-11H,12H2. The Morgan fingerprint density at radius 1 is 0.913 bits per heavy atom. The fourth-order valence-corrected chi connectivity index (χ4v) is 2.79. The van der Waals surface area contributed by atoms with Crippen LogP contribution in [0.5, 0.6) is 5.75 Å². The van der Waals surface area contributed by atoms with Gasteiger partial charge in [-0.25, -0.2) is 4.98 Å². The van der Waals surface area contributed by atoms with E-state index < -0.39 is 0 Å². The maximum atomic E-state index is 6.28. The Kier molecular flexibility index (Phi) is 3.56. The fraction of sp³-hybridized carbons (Fsp3) is 0.0526. The number of fused-ring (bicyclic) bond motifs is 2. The Morgan fingerprint density at radius 3 is 2.70 bits per heavy atom. The van der Waals surface area contributed by atoms with Crippen LogP contribution >= 0.6 is 11.6 Å². The van der Waals surface area contributed by atoms with Crippen LogP contribution in [-0.4, -0.2) is 9.97 Å². The molecule has 0 spiro atoms. The van der Waals surface area contributed by atoms with E-state index >= 15 is 0 Å². The second-order valence-corrected chi connectivity index (χ2v) is 5.61. The van der Waals surface area contributed by atoms with Gasteiger partial charge < -0.3 is 4.74 Å². The summed E-state index contributed by atoms with van der Waals surface area (Å²) in [7, 11) is 0. The van der Waals surface area contributed by atoms with E-state index in [-0.39, 0.29) is 0 Å². The lowest BCUT2D eigenvalue weighted by Gasteiger charge is -2.10. The minimum absolute atomic E-state index is 0.354. The smallest absolute Gasteiger partial charge is 0.146 e. The van der Waals surface area contributed by atoms with E-state index in [1.165, 1.54) is 0 Å². The van der Waals surface area contributed by atoms with Crippen molar-refractivity contribution in [3.63, 3.8) is 0 Å². The molecule has 0 bridgehead atoms. The molecule has 0 saturated heterocycles. The summed E-state index contributed by atoms with van der Waals surface area (Å²) in [5.41, 5.74) is 2.59. The molecule has 0 amide bonds. The van der Waals surface area contributed by atoms with Crippen molar-refractivity contribution < 1.29 is 4.74 Å². The first-order chi connectivity index (χ1) is 11.3. The molecule has 112 valence electrons. The average Bonchev–Trinajstić information content (AvgIpc) is 2.60. The minimum Gasteiger partial charge on any atom is -0.487 e. The van der Waals surface area contributed by atoms with Crippen molar-refractivity contribution in [2.45, 2.75) is 6.61 Å². The molecule has 3 nitrogen and oxygen atoms in total. The van der Waals surface area contributed by atoms with Crippen LogP contribution in [0.25, 0.3) is 21.8 Å². The minimum atomic E-state index is 0.354. The number of halogens is 1. The van der Waals surface area contributed by atoms with E-state index in [9.17, 15) is 0 Å². The van der Waals surface area contributed by atoms with E-state index in [0.717, 1.165) is 33.1 Å². The van der Waals surface area contributed by atoms with Crippen molar-refractivity contribution in [1.82, 2.24) is 9.97 Å². The molecular weight excluding hydrogens is 308 g/mol. The molecule has 0 fully saturated rings. The number of benzene rings is 2. The van der Waals surface area contributed by atoms with E-state index in [1.807, 2.05) is 60.7 Å². The highest BCUT2D eigenvalue weighted by Crippen LogP contribution is 2.26. The quantitative estimate of drug-likeness (QED) is 0.497. The zero-order valence-corrected chi connectivity index (χ0v) is 13.0. The Bertz CT molecular complexity index is 995. The van der Waals surface area contributed by atoms with Crippen LogP contribution in [0.15, 0.2) is 66.9 Å². The summed E-state index contributed by atoms with van der Waals surface area (Å²) in [5.74, 6) is 0.743. The lowest BCUT2D eigenvalue weighted by Crippen LogP contribution is -1.99. The van der Waals surface area contributed by atoms with E-state index in [1.54, 1.807) is 6.20 Å². The predicted molar refractivity (Wildman–Crippen MR) is 92.8 cm³/mol. The van der Waals surface area contributed by atoms with Gasteiger partial charge in [0.05, 0.1) is 5.52 Å². The van der Waals surface area contributed by atoms with Crippen LogP contribution in [0.4, 0.5) is 0 Å². The SMILES string of the molecule is Clc1nc2ccccc2cc1COc1cccc2cccnc12. The van der Waals surface area contributed by atoms with E-state index in [4.69, 9.17) is 16.3 Å². The topological polar surface area (TPSA) is 35.0 Å². The average molecular weight is 321 g/mol. The molecule has 0 aliphatic carbocycles. The highest BCUT2D eigenvalue weighted by molar-refractivity contribution is 6.30. The first-order valence-electron chi connectivity index (χ1n) is 7.32. The third kappa shape index (κ3) is 2.71. The predicted octanol–water partition coefficient (Wildman–Crippen LogP) is 5.02. The van der Waals surface area contributed by atoms with Crippen LogP contribution in [0.1, 0.15) is 5.56 Å². The summed E-state index contributed by atoms with van der Waals surface area (Å²) in [6.07, 6.45) is 1.76. The van der Waals surface area contributed by atoms with Crippen LogP contribution in [0.3, 0.4) is 0 Å². The zero-order chi connectivity index (χ0) is 15.6. The second kappa shape index (κ2) is 5.86. The molecule has 0 aliphatic heterocycles. The molecular formula is C19H13ClN2O. The van der Waals surface area contributed by atoms with Gasteiger partial charge >= 0.3 is 0 Å². The molecule has 23 heavy (non-hydrogen) atoms. The van der Waals surface area contributed by atoms with Gasteiger partial charge in [-0.3, -0.25) is 4.98 Å². The third-order valence-corrected chi connectivity index (χ3v) is 4.06. The molecule has 2 aromatic carbocycles. The molecule has 0 radical (unpaired) electrons. The summed E-state index contributed by atoms with van der Waals surface area (Å²) in [5, 5.41) is 2.57. The molecule has 0 saturated carbocycles. The van der Waals surface area contributed by atoms with Crippen molar-refractivity contribution >= 4 is 33.4 Å². The molecule has 4 heteroatoms.